The van der Waals surface area contributed by atoms with Crippen LogP contribution < -0.4 is 9.62 Å². The third kappa shape index (κ3) is 7.70. The molecule has 180 valence electrons. The van der Waals surface area contributed by atoms with Gasteiger partial charge in [0.2, 0.25) is 21.8 Å². The molecule has 0 aliphatic carbocycles. The van der Waals surface area contributed by atoms with Crippen LogP contribution in [0.1, 0.15) is 38.3 Å². The third-order valence-corrected chi connectivity index (χ3v) is 7.07. The highest BCUT2D eigenvalue weighted by Crippen LogP contribution is 2.21. The number of hydrogen-bond acceptors (Lipinski definition) is 4. The highest BCUT2D eigenvalue weighted by atomic mass is 127. The number of amides is 2. The van der Waals surface area contributed by atoms with Crippen molar-refractivity contribution in [2.75, 3.05) is 17.1 Å². The van der Waals surface area contributed by atoms with Gasteiger partial charge in [0, 0.05) is 16.2 Å². The molecule has 2 amide bonds. The molecule has 33 heavy (non-hydrogen) atoms. The summed E-state index contributed by atoms with van der Waals surface area (Å²) in [5.41, 5.74) is 2.30. The van der Waals surface area contributed by atoms with E-state index in [0.29, 0.717) is 12.1 Å². The van der Waals surface area contributed by atoms with E-state index in [1.54, 1.807) is 24.3 Å². The molecule has 0 saturated carbocycles. The second-order valence-corrected chi connectivity index (χ2v) is 11.4. The van der Waals surface area contributed by atoms with Crippen LogP contribution in [0.3, 0.4) is 0 Å². The summed E-state index contributed by atoms with van der Waals surface area (Å²) in [4.78, 5) is 28.0. The quantitative estimate of drug-likeness (QED) is 0.431. The highest BCUT2D eigenvalue weighted by Gasteiger charge is 2.32. The summed E-state index contributed by atoms with van der Waals surface area (Å²) in [5, 5.41) is 2.89. The first-order chi connectivity index (χ1) is 15.4. The third-order valence-electron chi connectivity index (χ3n) is 5.21. The van der Waals surface area contributed by atoms with Crippen molar-refractivity contribution < 1.29 is 18.0 Å². The summed E-state index contributed by atoms with van der Waals surface area (Å²) in [7, 11) is -3.73. The first-order valence-corrected chi connectivity index (χ1v) is 13.7. The first-order valence-electron chi connectivity index (χ1n) is 10.8. The Morgan fingerprint density at radius 2 is 1.67 bits per heavy atom. The van der Waals surface area contributed by atoms with E-state index in [1.807, 2.05) is 52.0 Å². The number of anilines is 1. The molecular weight excluding hydrogens is 553 g/mol. The Hall–Kier alpha value is -2.14. The maximum atomic E-state index is 13.6. The minimum atomic E-state index is -3.73. The monoisotopic (exact) mass is 585 g/mol. The average molecular weight is 586 g/mol. The Bertz CT molecular complexity index is 1070. The van der Waals surface area contributed by atoms with Crippen molar-refractivity contribution in [3.63, 3.8) is 0 Å². The van der Waals surface area contributed by atoms with Gasteiger partial charge in [0.1, 0.15) is 12.6 Å². The fourth-order valence-electron chi connectivity index (χ4n) is 3.49. The van der Waals surface area contributed by atoms with Gasteiger partial charge in [0.05, 0.1) is 11.9 Å². The van der Waals surface area contributed by atoms with Crippen molar-refractivity contribution in [3.05, 3.63) is 63.2 Å². The molecule has 1 N–H and O–H groups in total. The van der Waals surface area contributed by atoms with Crippen LogP contribution in [0.2, 0.25) is 0 Å². The number of benzene rings is 2. The van der Waals surface area contributed by atoms with Crippen LogP contribution in [0.5, 0.6) is 0 Å². The molecule has 9 heteroatoms. The SMILES string of the molecule is CC[C@H](C(=O)NC(C)C)N(Cc1ccccc1C)C(=O)CN(c1ccc(I)cc1)S(C)(=O)=O. The molecule has 0 aromatic heterocycles. The normalized spacial score (nSPS) is 12.3. The molecule has 0 fully saturated rings. The largest absolute Gasteiger partial charge is 0.352 e. The standard InChI is InChI=1S/C24H32IN3O4S/c1-6-22(24(30)26-17(2)3)27(15-19-10-8-7-9-18(19)4)23(29)16-28(33(5,31)32)21-13-11-20(25)12-14-21/h7-14,17,22H,6,15-16H2,1-5H3,(H,26,30)/t22-/m1/s1. The molecule has 0 aliphatic rings. The van der Waals surface area contributed by atoms with Crippen molar-refractivity contribution in [2.24, 2.45) is 0 Å². The van der Waals surface area contributed by atoms with Gasteiger partial charge in [0.15, 0.2) is 0 Å². The lowest BCUT2D eigenvalue weighted by Gasteiger charge is -2.33. The highest BCUT2D eigenvalue weighted by molar-refractivity contribution is 14.1. The zero-order valence-corrected chi connectivity index (χ0v) is 22.7. The van der Waals surface area contributed by atoms with Gasteiger partial charge in [-0.3, -0.25) is 13.9 Å². The lowest BCUT2D eigenvalue weighted by atomic mass is 10.1. The summed E-state index contributed by atoms with van der Waals surface area (Å²) in [6.07, 6.45) is 1.48. The van der Waals surface area contributed by atoms with Gasteiger partial charge >= 0.3 is 0 Å². The van der Waals surface area contributed by atoms with Crippen molar-refractivity contribution in [2.45, 2.75) is 52.7 Å². The fraction of sp³-hybridized carbons (Fsp3) is 0.417. The summed E-state index contributed by atoms with van der Waals surface area (Å²) < 4.78 is 27.2. The van der Waals surface area contributed by atoms with E-state index in [4.69, 9.17) is 0 Å². The Morgan fingerprint density at radius 3 is 2.18 bits per heavy atom. The topological polar surface area (TPSA) is 86.8 Å². The first kappa shape index (κ1) is 27.1. The lowest BCUT2D eigenvalue weighted by Crippen LogP contribution is -2.53. The summed E-state index contributed by atoms with van der Waals surface area (Å²) in [6, 6.07) is 13.8. The molecule has 2 aromatic rings. The van der Waals surface area contributed by atoms with Gasteiger partial charge in [-0.15, -0.1) is 0 Å². The number of carbonyl (C=O) groups excluding carboxylic acids is 2. The van der Waals surface area contributed by atoms with Crippen molar-refractivity contribution in [1.82, 2.24) is 10.2 Å². The number of sulfonamides is 1. The van der Waals surface area contributed by atoms with Gasteiger partial charge in [-0.1, -0.05) is 31.2 Å². The molecule has 0 spiro atoms. The van der Waals surface area contributed by atoms with Gasteiger partial charge in [0.25, 0.3) is 0 Å². The maximum Gasteiger partial charge on any atom is 0.244 e. The van der Waals surface area contributed by atoms with Gasteiger partial charge in [-0.2, -0.15) is 0 Å². The molecule has 0 aliphatic heterocycles. The number of nitrogens with one attached hydrogen (secondary N) is 1. The second-order valence-electron chi connectivity index (χ2n) is 8.28. The van der Waals surface area contributed by atoms with Crippen LogP contribution in [0, 0.1) is 10.5 Å². The van der Waals surface area contributed by atoms with E-state index < -0.39 is 28.5 Å². The minimum absolute atomic E-state index is 0.0822. The fourth-order valence-corrected chi connectivity index (χ4v) is 4.70. The molecular formula is C24H32IN3O4S. The van der Waals surface area contributed by atoms with E-state index in [1.165, 1.54) is 4.90 Å². The van der Waals surface area contributed by atoms with E-state index >= 15 is 0 Å². The number of carbonyl (C=O) groups is 2. The predicted octanol–water partition coefficient (Wildman–Crippen LogP) is 3.70. The molecule has 2 aromatic carbocycles. The van der Waals surface area contributed by atoms with Crippen molar-refractivity contribution in [1.29, 1.82) is 0 Å². The maximum absolute atomic E-state index is 13.6. The van der Waals surface area contributed by atoms with Gasteiger partial charge in [-0.05, 0) is 85.2 Å². The number of nitrogens with zero attached hydrogens (tertiary/aromatic N) is 2. The molecule has 0 radical (unpaired) electrons. The van der Waals surface area contributed by atoms with Crippen molar-refractivity contribution in [3.8, 4) is 0 Å². The van der Waals surface area contributed by atoms with Crippen LogP contribution >= 0.6 is 22.6 Å². The van der Waals surface area contributed by atoms with E-state index in [2.05, 4.69) is 27.9 Å². The van der Waals surface area contributed by atoms with Crippen LogP contribution in [0.15, 0.2) is 48.5 Å². The van der Waals surface area contributed by atoms with Crippen LogP contribution in [-0.4, -0.2) is 50.0 Å². The van der Waals surface area contributed by atoms with Crippen LogP contribution in [0.25, 0.3) is 0 Å². The summed E-state index contributed by atoms with van der Waals surface area (Å²) >= 11 is 2.13. The molecule has 0 saturated heterocycles. The molecule has 2 rings (SSSR count). The molecule has 7 nitrogen and oxygen atoms in total. The molecule has 0 bridgehead atoms. The molecule has 1 atom stereocenters. The van der Waals surface area contributed by atoms with E-state index in [0.717, 1.165) is 25.3 Å². The number of hydrogen-bond donors (Lipinski definition) is 1. The van der Waals surface area contributed by atoms with Crippen LogP contribution in [-0.2, 0) is 26.2 Å². The van der Waals surface area contributed by atoms with E-state index in [-0.39, 0.29) is 18.5 Å². The molecule has 0 unspecified atom stereocenters. The second kappa shape index (κ2) is 11.8. The Labute approximate surface area is 210 Å². The average Bonchev–Trinajstić information content (AvgIpc) is 2.72. The predicted molar refractivity (Wildman–Crippen MR) is 140 cm³/mol. The zero-order chi connectivity index (χ0) is 24.8. The Kier molecular flexibility index (Phi) is 9.71. The number of halogens is 1. The number of rotatable bonds is 10. The molecule has 0 heterocycles. The summed E-state index contributed by atoms with van der Waals surface area (Å²) in [6.45, 7) is 7.33. The van der Waals surface area contributed by atoms with Gasteiger partial charge in [-0.25, -0.2) is 8.42 Å². The minimum Gasteiger partial charge on any atom is -0.352 e. The van der Waals surface area contributed by atoms with E-state index in [9.17, 15) is 18.0 Å². The van der Waals surface area contributed by atoms with Crippen LogP contribution in [0.4, 0.5) is 5.69 Å². The lowest BCUT2D eigenvalue weighted by molar-refractivity contribution is -0.140. The Balaban J connectivity index is 2.44. The zero-order valence-electron chi connectivity index (χ0n) is 19.7. The van der Waals surface area contributed by atoms with Crippen molar-refractivity contribution >= 4 is 50.1 Å². The smallest absolute Gasteiger partial charge is 0.244 e. The summed E-state index contributed by atoms with van der Waals surface area (Å²) in [5.74, 6) is -0.692. The van der Waals surface area contributed by atoms with Gasteiger partial charge < -0.3 is 10.2 Å². The Morgan fingerprint density at radius 1 is 1.06 bits per heavy atom. The number of aryl methyl sites for hydroxylation is 1.